The van der Waals surface area contributed by atoms with E-state index in [-0.39, 0.29) is 18.2 Å². The number of nitrogens with two attached hydrogens (primary N) is 1. The summed E-state index contributed by atoms with van der Waals surface area (Å²) >= 11 is 0. The number of benzene rings is 1. The molecule has 1 heterocycles. The lowest BCUT2D eigenvalue weighted by Gasteiger charge is -2.21. The fraction of sp³-hybridized carbons (Fsp3) is 0.0909. The molecule has 1 aliphatic rings. The van der Waals surface area contributed by atoms with E-state index in [1.54, 1.807) is 30.3 Å². The Labute approximate surface area is 87.0 Å². The second-order valence-electron chi connectivity index (χ2n) is 3.27. The molecule has 1 aromatic rings. The molecule has 1 aliphatic heterocycles. The quantitative estimate of drug-likeness (QED) is 0.547. The maximum atomic E-state index is 11.5. The van der Waals surface area contributed by atoms with Crippen LogP contribution >= 0.6 is 0 Å². The van der Waals surface area contributed by atoms with Gasteiger partial charge in [-0.1, -0.05) is 6.08 Å². The second-order valence-corrected chi connectivity index (χ2v) is 3.27. The summed E-state index contributed by atoms with van der Waals surface area (Å²) in [6, 6.07) is 6.64. The van der Waals surface area contributed by atoms with Crippen molar-refractivity contribution in [2.24, 2.45) is 0 Å². The lowest BCUT2D eigenvalue weighted by molar-refractivity contribution is -0.124. The molecule has 0 bridgehead atoms. The minimum atomic E-state index is -0.309. The third kappa shape index (κ3) is 1.74. The van der Waals surface area contributed by atoms with Gasteiger partial charge in [0.25, 0.3) is 5.91 Å². The molecular weight excluding hydrogens is 192 g/mol. The van der Waals surface area contributed by atoms with Gasteiger partial charge in [-0.15, -0.1) is 0 Å². The first-order valence-electron chi connectivity index (χ1n) is 4.57. The van der Waals surface area contributed by atoms with Gasteiger partial charge in [-0.05, 0) is 24.3 Å². The van der Waals surface area contributed by atoms with Crippen molar-refractivity contribution in [3.8, 4) is 0 Å². The van der Waals surface area contributed by atoms with Gasteiger partial charge in [-0.25, -0.2) is 4.90 Å². The van der Waals surface area contributed by atoms with Gasteiger partial charge in [-0.2, -0.15) is 0 Å². The number of imide groups is 1. The molecule has 2 rings (SSSR count). The van der Waals surface area contributed by atoms with Gasteiger partial charge in [0.15, 0.2) is 0 Å². The van der Waals surface area contributed by atoms with E-state index in [0.717, 1.165) is 4.90 Å². The van der Waals surface area contributed by atoms with Gasteiger partial charge in [-0.3, -0.25) is 9.59 Å². The molecule has 0 saturated carbocycles. The van der Waals surface area contributed by atoms with Gasteiger partial charge in [0, 0.05) is 18.2 Å². The smallest absolute Gasteiger partial charge is 0.257 e. The second kappa shape index (κ2) is 3.57. The number of hydrogen-bond acceptors (Lipinski definition) is 3. The third-order valence-corrected chi connectivity index (χ3v) is 2.17. The first-order chi connectivity index (χ1) is 7.18. The average Bonchev–Trinajstić information content (AvgIpc) is 2.20. The third-order valence-electron chi connectivity index (χ3n) is 2.17. The summed E-state index contributed by atoms with van der Waals surface area (Å²) in [6.45, 7) is 0. The lowest BCUT2D eigenvalue weighted by Crippen LogP contribution is -2.37. The summed E-state index contributed by atoms with van der Waals surface area (Å²) in [5, 5.41) is 0. The summed E-state index contributed by atoms with van der Waals surface area (Å²) in [5.41, 5.74) is 6.68. The summed E-state index contributed by atoms with van der Waals surface area (Å²) in [7, 11) is 0. The summed E-state index contributed by atoms with van der Waals surface area (Å²) in [4.78, 5) is 24.1. The van der Waals surface area contributed by atoms with Gasteiger partial charge < -0.3 is 5.73 Å². The maximum Gasteiger partial charge on any atom is 0.257 e. The minimum Gasteiger partial charge on any atom is -0.399 e. The average molecular weight is 202 g/mol. The molecule has 0 unspecified atom stereocenters. The van der Waals surface area contributed by atoms with Gasteiger partial charge in [0.1, 0.15) is 0 Å². The molecule has 2 amide bonds. The molecule has 0 saturated heterocycles. The van der Waals surface area contributed by atoms with Crippen molar-refractivity contribution in [3.05, 3.63) is 36.4 Å². The van der Waals surface area contributed by atoms with Crippen molar-refractivity contribution < 1.29 is 9.59 Å². The van der Waals surface area contributed by atoms with E-state index in [0.29, 0.717) is 11.4 Å². The fourth-order valence-electron chi connectivity index (χ4n) is 1.44. The molecule has 0 atom stereocenters. The Morgan fingerprint density at radius 1 is 1.13 bits per heavy atom. The molecule has 76 valence electrons. The monoisotopic (exact) mass is 202 g/mol. The molecular formula is C11H10N2O2. The molecule has 4 nitrogen and oxygen atoms in total. The zero-order chi connectivity index (χ0) is 10.8. The van der Waals surface area contributed by atoms with Crippen molar-refractivity contribution >= 4 is 23.2 Å². The topological polar surface area (TPSA) is 63.4 Å². The number of anilines is 2. The van der Waals surface area contributed by atoms with E-state index in [1.807, 2.05) is 0 Å². The number of rotatable bonds is 1. The van der Waals surface area contributed by atoms with Crippen LogP contribution in [0.4, 0.5) is 11.4 Å². The van der Waals surface area contributed by atoms with E-state index in [4.69, 9.17) is 5.73 Å². The molecule has 0 fully saturated rings. The minimum absolute atomic E-state index is 0.215. The molecule has 15 heavy (non-hydrogen) atoms. The van der Waals surface area contributed by atoms with E-state index in [2.05, 4.69) is 0 Å². The highest BCUT2D eigenvalue weighted by Gasteiger charge is 2.23. The fourth-order valence-corrected chi connectivity index (χ4v) is 1.44. The molecule has 2 N–H and O–H groups in total. The normalized spacial score (nSPS) is 15.9. The first-order valence-corrected chi connectivity index (χ1v) is 4.57. The van der Waals surface area contributed by atoms with Crippen molar-refractivity contribution in [2.75, 3.05) is 10.6 Å². The molecule has 4 heteroatoms. The highest BCUT2D eigenvalue weighted by atomic mass is 16.2. The SMILES string of the molecule is Nc1ccc(N2C(=O)C=CCC2=O)cc1. The van der Waals surface area contributed by atoms with Crippen LogP contribution in [-0.2, 0) is 9.59 Å². The Morgan fingerprint density at radius 3 is 2.40 bits per heavy atom. The Bertz CT molecular complexity index is 434. The largest absolute Gasteiger partial charge is 0.399 e. The van der Waals surface area contributed by atoms with Crippen LogP contribution in [0.25, 0.3) is 0 Å². The van der Waals surface area contributed by atoms with Crippen LogP contribution in [0.2, 0.25) is 0 Å². The standard InChI is InChI=1S/C11H10N2O2/c12-8-4-6-9(7-5-8)13-10(14)2-1-3-11(13)15/h1-2,4-7H,3,12H2. The highest BCUT2D eigenvalue weighted by Crippen LogP contribution is 2.19. The molecule has 0 aromatic heterocycles. The molecule has 0 radical (unpaired) electrons. The summed E-state index contributed by atoms with van der Waals surface area (Å²) < 4.78 is 0. The number of amides is 2. The number of carbonyl (C=O) groups is 2. The predicted octanol–water partition coefficient (Wildman–Crippen LogP) is 1.09. The number of nitrogen functional groups attached to an aromatic ring is 1. The van der Waals surface area contributed by atoms with Crippen molar-refractivity contribution in [2.45, 2.75) is 6.42 Å². The van der Waals surface area contributed by atoms with Crippen LogP contribution in [0.3, 0.4) is 0 Å². The summed E-state index contributed by atoms with van der Waals surface area (Å²) in [5.74, 6) is -0.525. The summed E-state index contributed by atoms with van der Waals surface area (Å²) in [6.07, 6.45) is 3.23. The Hall–Kier alpha value is -2.10. The Kier molecular flexibility index (Phi) is 2.25. The Balaban J connectivity index is 2.37. The zero-order valence-electron chi connectivity index (χ0n) is 8.01. The van der Waals surface area contributed by atoms with Crippen molar-refractivity contribution in [1.29, 1.82) is 0 Å². The molecule has 0 spiro atoms. The Morgan fingerprint density at radius 2 is 1.80 bits per heavy atom. The number of carbonyl (C=O) groups excluding carboxylic acids is 2. The predicted molar refractivity (Wildman–Crippen MR) is 57.1 cm³/mol. The van der Waals surface area contributed by atoms with Crippen LogP contribution in [0.15, 0.2) is 36.4 Å². The van der Waals surface area contributed by atoms with E-state index < -0.39 is 0 Å². The van der Waals surface area contributed by atoms with Crippen LogP contribution in [0.5, 0.6) is 0 Å². The molecule has 0 aliphatic carbocycles. The van der Waals surface area contributed by atoms with E-state index >= 15 is 0 Å². The van der Waals surface area contributed by atoms with Gasteiger partial charge in [0.05, 0.1) is 5.69 Å². The molecule has 1 aromatic carbocycles. The van der Waals surface area contributed by atoms with Crippen LogP contribution in [0, 0.1) is 0 Å². The first kappa shape index (κ1) is 9.45. The van der Waals surface area contributed by atoms with Crippen molar-refractivity contribution in [1.82, 2.24) is 0 Å². The lowest BCUT2D eigenvalue weighted by atomic mass is 10.2. The highest BCUT2D eigenvalue weighted by molar-refractivity contribution is 6.21. The van der Waals surface area contributed by atoms with Gasteiger partial charge in [0.2, 0.25) is 5.91 Å². The zero-order valence-corrected chi connectivity index (χ0v) is 8.01. The van der Waals surface area contributed by atoms with Crippen LogP contribution in [-0.4, -0.2) is 11.8 Å². The van der Waals surface area contributed by atoms with Crippen LogP contribution in [0.1, 0.15) is 6.42 Å². The number of nitrogens with zero attached hydrogens (tertiary/aromatic N) is 1. The van der Waals surface area contributed by atoms with E-state index in [9.17, 15) is 9.59 Å². The van der Waals surface area contributed by atoms with Crippen LogP contribution < -0.4 is 10.6 Å². The number of hydrogen-bond donors (Lipinski definition) is 1. The van der Waals surface area contributed by atoms with E-state index in [1.165, 1.54) is 6.08 Å². The van der Waals surface area contributed by atoms with Crippen molar-refractivity contribution in [3.63, 3.8) is 0 Å². The maximum absolute atomic E-state index is 11.5. The van der Waals surface area contributed by atoms with Gasteiger partial charge >= 0.3 is 0 Å².